The monoisotopic (exact) mass is 456 g/mol. The number of amides is 2. The van der Waals surface area contributed by atoms with E-state index in [1.165, 1.54) is 36.7 Å². The van der Waals surface area contributed by atoms with Crippen LogP contribution >= 0.6 is 0 Å². The SMILES string of the molecule is O=C(O)c1ccc(C(=O)O)c2c(C(=O)Nc3ccccn3)ccc(C(=O)Nc3ccccn3)c12. The van der Waals surface area contributed by atoms with E-state index in [1.807, 2.05) is 0 Å². The van der Waals surface area contributed by atoms with Gasteiger partial charge in [-0.05, 0) is 48.5 Å². The Morgan fingerprint density at radius 2 is 0.941 bits per heavy atom. The number of aromatic carboxylic acids is 2. The molecule has 4 N–H and O–H groups in total. The molecule has 0 unspecified atom stereocenters. The summed E-state index contributed by atoms with van der Waals surface area (Å²) < 4.78 is 0. The first-order valence-corrected chi connectivity index (χ1v) is 9.88. The Hall–Kier alpha value is -5.12. The first-order valence-electron chi connectivity index (χ1n) is 9.88. The first kappa shape index (κ1) is 22.1. The third kappa shape index (κ3) is 4.28. The number of carbonyl (C=O) groups excluding carboxylic acids is 2. The Morgan fingerprint density at radius 3 is 1.26 bits per heavy atom. The standard InChI is InChI=1S/C24H16N4O6/c29-21(27-17-5-1-3-11-25-17)13-7-8-14(22(30)28-18-6-2-4-12-26-18)20-16(24(33)34)10-9-15(19(13)20)23(31)32/h1-12H,(H,31,32)(H,33,34)(H,25,27,29)(H,26,28,30). The van der Waals surface area contributed by atoms with Crippen molar-refractivity contribution in [3.63, 3.8) is 0 Å². The maximum Gasteiger partial charge on any atom is 0.336 e. The molecule has 0 saturated heterocycles. The lowest BCUT2D eigenvalue weighted by atomic mass is 9.91. The molecule has 0 fully saturated rings. The van der Waals surface area contributed by atoms with Gasteiger partial charge in [-0.25, -0.2) is 19.6 Å². The molecule has 0 bridgehead atoms. The summed E-state index contributed by atoms with van der Waals surface area (Å²) in [6.07, 6.45) is 2.92. The molecule has 0 aliphatic rings. The average Bonchev–Trinajstić information content (AvgIpc) is 2.83. The van der Waals surface area contributed by atoms with E-state index in [9.17, 15) is 29.4 Å². The van der Waals surface area contributed by atoms with Crippen molar-refractivity contribution in [3.8, 4) is 0 Å². The van der Waals surface area contributed by atoms with Crippen LogP contribution in [0.4, 0.5) is 11.6 Å². The third-order valence-corrected chi connectivity index (χ3v) is 4.92. The van der Waals surface area contributed by atoms with Crippen LogP contribution in [0, 0.1) is 0 Å². The highest BCUT2D eigenvalue weighted by molar-refractivity contribution is 6.25. The molecule has 4 aromatic rings. The summed E-state index contributed by atoms with van der Waals surface area (Å²) in [7, 11) is 0. The molecule has 2 aromatic heterocycles. The van der Waals surface area contributed by atoms with Crippen LogP contribution < -0.4 is 10.6 Å². The number of carboxylic acid groups (broad SMARTS) is 2. The fourth-order valence-electron chi connectivity index (χ4n) is 3.47. The predicted octanol–water partition coefficient (Wildman–Crippen LogP) is 3.53. The molecule has 0 spiro atoms. The zero-order chi connectivity index (χ0) is 24.2. The first-order chi connectivity index (χ1) is 16.4. The maximum atomic E-state index is 13.1. The minimum atomic E-state index is -1.39. The van der Waals surface area contributed by atoms with Crippen LogP contribution in [0.5, 0.6) is 0 Å². The van der Waals surface area contributed by atoms with Gasteiger partial charge in [-0.2, -0.15) is 0 Å². The molecule has 0 aliphatic carbocycles. The van der Waals surface area contributed by atoms with Gasteiger partial charge in [0.25, 0.3) is 11.8 Å². The number of hydrogen-bond acceptors (Lipinski definition) is 6. The molecule has 10 nitrogen and oxygen atoms in total. The van der Waals surface area contributed by atoms with Crippen LogP contribution in [0.15, 0.2) is 73.1 Å². The lowest BCUT2D eigenvalue weighted by molar-refractivity contribution is 0.0684. The van der Waals surface area contributed by atoms with Gasteiger partial charge in [0.05, 0.1) is 11.1 Å². The van der Waals surface area contributed by atoms with E-state index in [-0.39, 0.29) is 44.7 Å². The molecule has 2 aromatic carbocycles. The van der Waals surface area contributed by atoms with Gasteiger partial charge in [0.2, 0.25) is 0 Å². The largest absolute Gasteiger partial charge is 0.478 e. The van der Waals surface area contributed by atoms with Crippen LogP contribution in [0.25, 0.3) is 10.8 Å². The molecule has 0 aliphatic heterocycles. The molecule has 2 heterocycles. The number of anilines is 2. The van der Waals surface area contributed by atoms with E-state index in [4.69, 9.17) is 0 Å². The molecule has 10 heteroatoms. The summed E-state index contributed by atoms with van der Waals surface area (Å²) in [5.74, 6) is -3.80. The highest BCUT2D eigenvalue weighted by Crippen LogP contribution is 2.31. The molecular weight excluding hydrogens is 440 g/mol. The minimum Gasteiger partial charge on any atom is -0.478 e. The van der Waals surface area contributed by atoms with E-state index in [2.05, 4.69) is 20.6 Å². The van der Waals surface area contributed by atoms with E-state index >= 15 is 0 Å². The summed E-state index contributed by atoms with van der Waals surface area (Å²) >= 11 is 0. The number of nitrogens with one attached hydrogen (secondary N) is 2. The lowest BCUT2D eigenvalue weighted by Crippen LogP contribution is -2.19. The number of benzene rings is 2. The number of nitrogens with zero attached hydrogens (tertiary/aromatic N) is 2. The van der Waals surface area contributed by atoms with E-state index in [0.717, 1.165) is 12.1 Å². The molecule has 2 amide bonds. The zero-order valence-corrected chi connectivity index (χ0v) is 17.4. The predicted molar refractivity (Wildman–Crippen MR) is 122 cm³/mol. The average molecular weight is 456 g/mol. The summed E-state index contributed by atoms with van der Waals surface area (Å²) in [4.78, 5) is 58.1. The third-order valence-electron chi connectivity index (χ3n) is 4.92. The second kappa shape index (κ2) is 9.17. The highest BCUT2D eigenvalue weighted by atomic mass is 16.4. The molecule has 0 radical (unpaired) electrons. The van der Waals surface area contributed by atoms with Crippen LogP contribution in [0.2, 0.25) is 0 Å². The number of carbonyl (C=O) groups is 4. The van der Waals surface area contributed by atoms with Crippen LogP contribution in [-0.2, 0) is 0 Å². The molecule has 0 saturated carbocycles. The summed E-state index contributed by atoms with van der Waals surface area (Å²) in [5.41, 5.74) is -0.927. The van der Waals surface area contributed by atoms with Crippen molar-refractivity contribution < 1.29 is 29.4 Å². The molecule has 4 rings (SSSR count). The number of fused-ring (bicyclic) bond motifs is 1. The van der Waals surface area contributed by atoms with Crippen molar-refractivity contribution >= 4 is 46.2 Å². The normalized spacial score (nSPS) is 10.5. The fourth-order valence-corrected chi connectivity index (χ4v) is 3.47. The Balaban J connectivity index is 1.94. The van der Waals surface area contributed by atoms with Crippen molar-refractivity contribution in [2.75, 3.05) is 10.6 Å². The Morgan fingerprint density at radius 1 is 0.559 bits per heavy atom. The second-order valence-electron chi connectivity index (χ2n) is 7.02. The summed E-state index contributed by atoms with van der Waals surface area (Å²) in [6.45, 7) is 0. The Bertz CT molecular complexity index is 1330. The van der Waals surface area contributed by atoms with Gasteiger partial charge in [0, 0.05) is 34.3 Å². The fraction of sp³-hybridized carbons (Fsp3) is 0. The van der Waals surface area contributed by atoms with Crippen LogP contribution in [0.3, 0.4) is 0 Å². The van der Waals surface area contributed by atoms with Gasteiger partial charge in [0.1, 0.15) is 11.6 Å². The van der Waals surface area contributed by atoms with Crippen molar-refractivity contribution in [3.05, 3.63) is 95.3 Å². The van der Waals surface area contributed by atoms with Crippen molar-refractivity contribution in [1.82, 2.24) is 9.97 Å². The van der Waals surface area contributed by atoms with Crippen LogP contribution in [0.1, 0.15) is 41.4 Å². The van der Waals surface area contributed by atoms with Gasteiger partial charge in [-0.1, -0.05) is 12.1 Å². The van der Waals surface area contributed by atoms with Crippen molar-refractivity contribution in [2.24, 2.45) is 0 Å². The molecule has 0 atom stereocenters. The van der Waals surface area contributed by atoms with Crippen molar-refractivity contribution in [1.29, 1.82) is 0 Å². The van der Waals surface area contributed by atoms with E-state index < -0.39 is 23.8 Å². The summed E-state index contributed by atoms with van der Waals surface area (Å²) in [6, 6.07) is 14.4. The quantitative estimate of drug-likeness (QED) is 0.343. The highest BCUT2D eigenvalue weighted by Gasteiger charge is 2.26. The molecule has 168 valence electrons. The Kier molecular flexibility index (Phi) is 5.95. The van der Waals surface area contributed by atoms with Crippen molar-refractivity contribution in [2.45, 2.75) is 0 Å². The number of rotatable bonds is 6. The van der Waals surface area contributed by atoms with E-state index in [0.29, 0.717) is 0 Å². The second-order valence-corrected chi connectivity index (χ2v) is 7.02. The number of aromatic nitrogens is 2. The van der Waals surface area contributed by atoms with Gasteiger partial charge >= 0.3 is 11.9 Å². The summed E-state index contributed by atoms with van der Waals surface area (Å²) in [5, 5.41) is 24.3. The molecular formula is C24H16N4O6. The van der Waals surface area contributed by atoms with Crippen LogP contribution in [-0.4, -0.2) is 43.9 Å². The molecule has 34 heavy (non-hydrogen) atoms. The Labute approximate surface area is 191 Å². The van der Waals surface area contributed by atoms with Gasteiger partial charge in [-0.3, -0.25) is 9.59 Å². The van der Waals surface area contributed by atoms with Gasteiger partial charge in [-0.15, -0.1) is 0 Å². The maximum absolute atomic E-state index is 13.1. The van der Waals surface area contributed by atoms with Gasteiger partial charge in [0.15, 0.2) is 0 Å². The zero-order valence-electron chi connectivity index (χ0n) is 17.4. The lowest BCUT2D eigenvalue weighted by Gasteiger charge is -2.15. The van der Waals surface area contributed by atoms with Gasteiger partial charge < -0.3 is 20.8 Å². The number of hydrogen-bond donors (Lipinski definition) is 4. The number of pyridine rings is 2. The van der Waals surface area contributed by atoms with E-state index in [1.54, 1.807) is 24.3 Å². The smallest absolute Gasteiger partial charge is 0.336 e. The number of carboxylic acids is 2. The minimum absolute atomic E-state index is 0.129. The topological polar surface area (TPSA) is 159 Å².